The Bertz CT molecular complexity index is 815. The number of carbonyl (C=O) groups is 1. The minimum Gasteiger partial charge on any atom is -0.317 e. The van der Waals surface area contributed by atoms with E-state index >= 15 is 0 Å². The molecular weight excluding hydrogens is 391 g/mol. The average molecular weight is 425 g/mol. The van der Waals surface area contributed by atoms with Gasteiger partial charge in [0.05, 0.1) is 6.20 Å². The van der Waals surface area contributed by atoms with E-state index in [0.717, 1.165) is 64.8 Å². The third kappa shape index (κ3) is 6.11. The fourth-order valence-corrected chi connectivity index (χ4v) is 4.74. The van der Waals surface area contributed by atoms with Crippen LogP contribution in [0.3, 0.4) is 0 Å². The lowest BCUT2D eigenvalue weighted by atomic mass is 9.92. The van der Waals surface area contributed by atoms with E-state index in [4.69, 9.17) is 0 Å². The molecule has 0 spiro atoms. The zero-order valence-corrected chi connectivity index (χ0v) is 18.2. The predicted molar refractivity (Wildman–Crippen MR) is 121 cm³/mol. The number of benzene rings is 1. The van der Waals surface area contributed by atoms with Gasteiger partial charge in [0, 0.05) is 19.0 Å². The quantitative estimate of drug-likeness (QED) is 0.733. The molecule has 2 aliphatic heterocycles. The second kappa shape index (κ2) is 10.8. The van der Waals surface area contributed by atoms with Gasteiger partial charge in [-0.3, -0.25) is 14.6 Å². The van der Waals surface area contributed by atoms with E-state index in [9.17, 15) is 9.18 Å². The summed E-state index contributed by atoms with van der Waals surface area (Å²) in [4.78, 5) is 21.8. The van der Waals surface area contributed by atoms with E-state index in [1.165, 1.54) is 17.8 Å². The van der Waals surface area contributed by atoms with Crippen LogP contribution in [-0.2, 0) is 11.3 Å². The number of nitrogens with one attached hydrogen (secondary N) is 1. The van der Waals surface area contributed by atoms with Gasteiger partial charge in [0.25, 0.3) is 0 Å². The number of amides is 1. The monoisotopic (exact) mass is 424 g/mol. The van der Waals surface area contributed by atoms with Gasteiger partial charge in [-0.1, -0.05) is 30.3 Å². The van der Waals surface area contributed by atoms with Crippen LogP contribution in [0.25, 0.3) is 0 Å². The second-order valence-corrected chi connectivity index (χ2v) is 8.84. The molecule has 0 bridgehead atoms. The summed E-state index contributed by atoms with van der Waals surface area (Å²) in [7, 11) is 0. The van der Waals surface area contributed by atoms with E-state index in [2.05, 4.69) is 45.5 Å². The molecule has 2 fully saturated rings. The van der Waals surface area contributed by atoms with E-state index < -0.39 is 0 Å². The van der Waals surface area contributed by atoms with Crippen LogP contribution in [0.4, 0.5) is 10.2 Å². The zero-order chi connectivity index (χ0) is 21.5. The fourth-order valence-electron chi connectivity index (χ4n) is 4.74. The molecule has 6 heteroatoms. The third-order valence-electron chi connectivity index (χ3n) is 6.66. The SMILES string of the molecule is O=C(C1CCNCC1)N(CCC1CCN(Cc2ccccc2)CC1)c1ccc(F)cn1. The Kier molecular flexibility index (Phi) is 7.65. The first-order valence-electron chi connectivity index (χ1n) is 11.6. The molecule has 1 amide bonds. The summed E-state index contributed by atoms with van der Waals surface area (Å²) < 4.78 is 13.4. The van der Waals surface area contributed by atoms with Crippen LogP contribution in [0.1, 0.15) is 37.7 Å². The van der Waals surface area contributed by atoms with Gasteiger partial charge in [-0.2, -0.15) is 0 Å². The van der Waals surface area contributed by atoms with Gasteiger partial charge < -0.3 is 5.32 Å². The highest BCUT2D eigenvalue weighted by atomic mass is 19.1. The number of nitrogens with zero attached hydrogens (tertiary/aromatic N) is 3. The number of hydrogen-bond acceptors (Lipinski definition) is 4. The Labute approximate surface area is 184 Å². The standard InChI is InChI=1S/C25H33FN4O/c26-23-6-7-24(28-18-23)30(25(31)22-8-13-27-14-9-22)17-12-20-10-15-29(16-11-20)19-21-4-2-1-3-5-21/h1-7,18,20,22,27H,8-17,19H2. The molecule has 31 heavy (non-hydrogen) atoms. The Balaban J connectivity index is 1.33. The Hall–Kier alpha value is -2.31. The van der Waals surface area contributed by atoms with Crippen molar-refractivity contribution in [2.45, 2.75) is 38.6 Å². The smallest absolute Gasteiger partial charge is 0.231 e. The predicted octanol–water partition coefficient (Wildman–Crippen LogP) is 3.86. The summed E-state index contributed by atoms with van der Waals surface area (Å²) in [6, 6.07) is 13.7. The van der Waals surface area contributed by atoms with E-state index in [-0.39, 0.29) is 17.6 Å². The average Bonchev–Trinajstić information content (AvgIpc) is 2.82. The van der Waals surface area contributed by atoms with Crippen molar-refractivity contribution in [3.8, 4) is 0 Å². The molecule has 3 heterocycles. The van der Waals surface area contributed by atoms with Crippen LogP contribution in [0.15, 0.2) is 48.7 Å². The number of hydrogen-bond donors (Lipinski definition) is 1. The first-order chi connectivity index (χ1) is 15.2. The molecular formula is C25H33FN4O. The number of aromatic nitrogens is 1. The number of likely N-dealkylation sites (tertiary alicyclic amines) is 1. The lowest BCUT2D eigenvalue weighted by Crippen LogP contribution is -2.43. The number of pyridine rings is 1. The van der Waals surface area contributed by atoms with Crippen molar-refractivity contribution in [1.82, 2.24) is 15.2 Å². The third-order valence-corrected chi connectivity index (χ3v) is 6.66. The summed E-state index contributed by atoms with van der Waals surface area (Å²) in [5.74, 6) is 0.981. The van der Waals surface area contributed by atoms with Crippen molar-refractivity contribution in [3.63, 3.8) is 0 Å². The summed E-state index contributed by atoms with van der Waals surface area (Å²) in [6.45, 7) is 5.60. The van der Waals surface area contributed by atoms with Crippen molar-refractivity contribution < 1.29 is 9.18 Å². The maximum Gasteiger partial charge on any atom is 0.231 e. The highest BCUT2D eigenvalue weighted by Crippen LogP contribution is 2.25. The van der Waals surface area contributed by atoms with Gasteiger partial charge in [0.2, 0.25) is 5.91 Å². The van der Waals surface area contributed by atoms with Gasteiger partial charge in [-0.25, -0.2) is 9.37 Å². The molecule has 0 atom stereocenters. The van der Waals surface area contributed by atoms with Gasteiger partial charge in [0.1, 0.15) is 11.6 Å². The van der Waals surface area contributed by atoms with Crippen LogP contribution in [0.2, 0.25) is 0 Å². The summed E-state index contributed by atoms with van der Waals surface area (Å²) in [5.41, 5.74) is 1.36. The van der Waals surface area contributed by atoms with Crippen LogP contribution in [0, 0.1) is 17.7 Å². The van der Waals surface area contributed by atoms with Crippen LogP contribution in [0.5, 0.6) is 0 Å². The van der Waals surface area contributed by atoms with Crippen molar-refractivity contribution >= 4 is 11.7 Å². The maximum absolute atomic E-state index is 13.4. The molecule has 166 valence electrons. The molecule has 2 saturated heterocycles. The van der Waals surface area contributed by atoms with Gasteiger partial charge in [0.15, 0.2) is 0 Å². The molecule has 1 aromatic heterocycles. The fraction of sp³-hybridized carbons (Fsp3) is 0.520. The Morgan fingerprint density at radius 3 is 2.48 bits per heavy atom. The Morgan fingerprint density at radius 2 is 1.81 bits per heavy atom. The highest BCUT2D eigenvalue weighted by molar-refractivity contribution is 5.94. The maximum atomic E-state index is 13.4. The molecule has 1 aromatic carbocycles. The van der Waals surface area contributed by atoms with Crippen molar-refractivity contribution in [2.24, 2.45) is 11.8 Å². The largest absolute Gasteiger partial charge is 0.317 e. The van der Waals surface area contributed by atoms with E-state index in [1.54, 1.807) is 6.07 Å². The molecule has 1 N–H and O–H groups in total. The van der Waals surface area contributed by atoms with Crippen LogP contribution in [-0.4, -0.2) is 48.5 Å². The minimum absolute atomic E-state index is 0.0285. The number of halogens is 1. The Morgan fingerprint density at radius 1 is 1.06 bits per heavy atom. The molecule has 0 aliphatic carbocycles. The minimum atomic E-state index is -0.371. The van der Waals surface area contributed by atoms with Crippen LogP contribution < -0.4 is 10.2 Å². The summed E-state index contributed by atoms with van der Waals surface area (Å²) in [6.07, 6.45) is 6.19. The van der Waals surface area contributed by atoms with Gasteiger partial charge in [-0.05, 0) is 81.9 Å². The number of anilines is 1. The molecule has 0 unspecified atom stereocenters. The zero-order valence-electron chi connectivity index (χ0n) is 18.2. The van der Waals surface area contributed by atoms with Crippen molar-refractivity contribution in [2.75, 3.05) is 37.6 Å². The number of carbonyl (C=O) groups excluding carboxylic acids is 1. The van der Waals surface area contributed by atoms with Gasteiger partial charge in [-0.15, -0.1) is 0 Å². The normalized spacial score (nSPS) is 18.7. The number of rotatable bonds is 7. The lowest BCUT2D eigenvalue weighted by Gasteiger charge is -2.34. The second-order valence-electron chi connectivity index (χ2n) is 8.84. The van der Waals surface area contributed by atoms with Crippen molar-refractivity contribution in [3.05, 3.63) is 60.0 Å². The van der Waals surface area contributed by atoms with E-state index in [1.807, 2.05) is 4.90 Å². The topological polar surface area (TPSA) is 48.5 Å². The molecule has 0 saturated carbocycles. The molecule has 0 radical (unpaired) electrons. The number of piperidine rings is 2. The molecule has 2 aromatic rings. The van der Waals surface area contributed by atoms with Crippen molar-refractivity contribution in [1.29, 1.82) is 0 Å². The summed E-state index contributed by atoms with van der Waals surface area (Å²) in [5, 5.41) is 3.32. The highest BCUT2D eigenvalue weighted by Gasteiger charge is 2.28. The van der Waals surface area contributed by atoms with E-state index in [0.29, 0.717) is 18.3 Å². The molecule has 5 nitrogen and oxygen atoms in total. The van der Waals surface area contributed by atoms with Gasteiger partial charge >= 0.3 is 0 Å². The first-order valence-corrected chi connectivity index (χ1v) is 11.6. The summed E-state index contributed by atoms with van der Waals surface area (Å²) >= 11 is 0. The molecule has 4 rings (SSSR count). The lowest BCUT2D eigenvalue weighted by molar-refractivity contribution is -0.123. The van der Waals surface area contributed by atoms with Crippen LogP contribution >= 0.6 is 0 Å². The molecule has 2 aliphatic rings. The first kappa shape index (κ1) is 21.9.